The van der Waals surface area contributed by atoms with E-state index in [0.29, 0.717) is 12.0 Å². The van der Waals surface area contributed by atoms with E-state index >= 15 is 0 Å². The Labute approximate surface area is 187 Å². The molecule has 2 atom stereocenters. The summed E-state index contributed by atoms with van der Waals surface area (Å²) in [7, 11) is 1.37. The molecular formula is C27H24N2O3. The molecule has 3 aromatic carbocycles. The van der Waals surface area contributed by atoms with E-state index in [-0.39, 0.29) is 23.7 Å². The van der Waals surface area contributed by atoms with Gasteiger partial charge in [0.2, 0.25) is 0 Å². The first kappa shape index (κ1) is 20.1. The van der Waals surface area contributed by atoms with Crippen LogP contribution in [0.25, 0.3) is 0 Å². The molecule has 32 heavy (non-hydrogen) atoms. The van der Waals surface area contributed by atoms with Gasteiger partial charge in [0, 0.05) is 17.7 Å². The molecule has 0 saturated heterocycles. The third-order valence-electron chi connectivity index (χ3n) is 6.25. The lowest BCUT2D eigenvalue weighted by atomic mass is 9.78. The number of nitrogens with one attached hydrogen (secondary N) is 2. The Kier molecular flexibility index (Phi) is 5.23. The van der Waals surface area contributed by atoms with Crippen molar-refractivity contribution in [1.29, 1.82) is 0 Å². The van der Waals surface area contributed by atoms with Crippen molar-refractivity contribution in [2.75, 3.05) is 17.7 Å². The Bertz CT molecular complexity index is 1200. The SMILES string of the molecule is COC(=O)c1ccc([C@@H]2Nc3ccccc3NC3=C2C(=O)C[C@H](c2ccccc2)C3)cc1. The molecule has 0 bridgehead atoms. The number of methoxy groups -OCH3 is 1. The van der Waals surface area contributed by atoms with Gasteiger partial charge in [-0.1, -0.05) is 54.6 Å². The van der Waals surface area contributed by atoms with E-state index < -0.39 is 0 Å². The molecule has 0 unspecified atom stereocenters. The van der Waals surface area contributed by atoms with Gasteiger partial charge in [-0.2, -0.15) is 0 Å². The molecule has 160 valence electrons. The molecule has 0 radical (unpaired) electrons. The highest BCUT2D eigenvalue weighted by atomic mass is 16.5. The van der Waals surface area contributed by atoms with Crippen LogP contribution in [0.2, 0.25) is 0 Å². The van der Waals surface area contributed by atoms with Crippen LogP contribution in [0, 0.1) is 0 Å². The van der Waals surface area contributed by atoms with E-state index in [1.54, 1.807) is 12.1 Å². The Balaban J connectivity index is 1.58. The number of benzene rings is 3. The van der Waals surface area contributed by atoms with Gasteiger partial charge in [-0.3, -0.25) is 4.79 Å². The maximum atomic E-state index is 13.5. The van der Waals surface area contributed by atoms with Crippen LogP contribution in [0.1, 0.15) is 46.3 Å². The van der Waals surface area contributed by atoms with Crippen LogP contribution >= 0.6 is 0 Å². The lowest BCUT2D eigenvalue weighted by Gasteiger charge is -2.30. The number of Topliss-reactive ketones (excluding diaryl/α,β-unsaturated/α-hetero) is 1. The summed E-state index contributed by atoms with van der Waals surface area (Å²) >= 11 is 0. The zero-order valence-corrected chi connectivity index (χ0v) is 17.8. The highest BCUT2D eigenvalue weighted by molar-refractivity contribution is 6.01. The van der Waals surface area contributed by atoms with Crippen molar-refractivity contribution in [1.82, 2.24) is 0 Å². The quantitative estimate of drug-likeness (QED) is 0.547. The van der Waals surface area contributed by atoms with E-state index in [9.17, 15) is 9.59 Å². The molecule has 5 rings (SSSR count). The molecule has 1 aliphatic carbocycles. The predicted octanol–water partition coefficient (Wildman–Crippen LogP) is 5.45. The lowest BCUT2D eigenvalue weighted by Crippen LogP contribution is -2.26. The number of hydrogen-bond donors (Lipinski definition) is 2. The maximum absolute atomic E-state index is 13.5. The van der Waals surface area contributed by atoms with Gasteiger partial charge in [0.1, 0.15) is 0 Å². The number of ether oxygens (including phenoxy) is 1. The van der Waals surface area contributed by atoms with Crippen molar-refractivity contribution in [3.8, 4) is 0 Å². The second-order valence-electron chi connectivity index (χ2n) is 8.19. The topological polar surface area (TPSA) is 67.4 Å². The Morgan fingerprint density at radius 3 is 2.25 bits per heavy atom. The number of hydrogen-bond acceptors (Lipinski definition) is 5. The van der Waals surface area contributed by atoms with E-state index in [2.05, 4.69) is 22.8 Å². The van der Waals surface area contributed by atoms with Crippen LogP contribution < -0.4 is 10.6 Å². The first-order valence-electron chi connectivity index (χ1n) is 10.8. The summed E-state index contributed by atoms with van der Waals surface area (Å²) < 4.78 is 4.82. The van der Waals surface area contributed by atoms with Gasteiger partial charge in [-0.25, -0.2) is 4.79 Å². The second-order valence-corrected chi connectivity index (χ2v) is 8.19. The first-order valence-corrected chi connectivity index (χ1v) is 10.8. The van der Waals surface area contributed by atoms with Crippen LogP contribution in [0.4, 0.5) is 11.4 Å². The molecule has 2 aliphatic rings. The standard InChI is InChI=1S/C27H24N2O3/c1-32-27(31)19-13-11-18(12-14-19)26-25-23(28-21-9-5-6-10-22(21)29-26)15-20(16-24(25)30)17-7-3-2-4-8-17/h2-14,20,26,28-29H,15-16H2,1H3/t20-,26+/m1/s1. The highest BCUT2D eigenvalue weighted by Gasteiger charge is 2.36. The van der Waals surface area contributed by atoms with Crippen molar-refractivity contribution >= 4 is 23.1 Å². The predicted molar refractivity (Wildman–Crippen MR) is 125 cm³/mol. The van der Waals surface area contributed by atoms with Gasteiger partial charge in [-0.05, 0) is 47.7 Å². The minimum absolute atomic E-state index is 0.134. The fourth-order valence-corrected chi connectivity index (χ4v) is 4.63. The van der Waals surface area contributed by atoms with Crippen LogP contribution in [-0.2, 0) is 9.53 Å². The van der Waals surface area contributed by atoms with Crippen molar-refractivity contribution < 1.29 is 14.3 Å². The summed E-state index contributed by atoms with van der Waals surface area (Å²) in [6.07, 6.45) is 1.23. The van der Waals surface area contributed by atoms with E-state index in [4.69, 9.17) is 4.74 Å². The number of carbonyl (C=O) groups is 2. The summed E-state index contributed by atoms with van der Waals surface area (Å²) in [5.74, 6) is -0.103. The van der Waals surface area contributed by atoms with Crippen molar-refractivity contribution in [2.45, 2.75) is 24.8 Å². The fraction of sp³-hybridized carbons (Fsp3) is 0.185. The largest absolute Gasteiger partial charge is 0.465 e. The molecule has 5 heteroatoms. The Hall–Kier alpha value is -3.86. The molecule has 1 heterocycles. The third kappa shape index (κ3) is 3.66. The average molecular weight is 425 g/mol. The molecule has 2 N–H and O–H groups in total. The van der Waals surface area contributed by atoms with Crippen LogP contribution in [0.15, 0.2) is 90.1 Å². The van der Waals surface area contributed by atoms with Gasteiger partial charge in [-0.15, -0.1) is 0 Å². The van der Waals surface area contributed by atoms with E-state index in [1.807, 2.05) is 54.6 Å². The molecule has 0 fully saturated rings. The second kappa shape index (κ2) is 8.35. The summed E-state index contributed by atoms with van der Waals surface area (Å²) in [5, 5.41) is 7.12. The number of para-hydroxylation sites is 2. The Morgan fingerprint density at radius 1 is 0.844 bits per heavy atom. The van der Waals surface area contributed by atoms with Crippen molar-refractivity contribution in [3.63, 3.8) is 0 Å². The third-order valence-corrected chi connectivity index (χ3v) is 6.25. The number of allylic oxidation sites excluding steroid dienone is 1. The highest BCUT2D eigenvalue weighted by Crippen LogP contribution is 2.44. The molecule has 0 spiro atoms. The number of carbonyl (C=O) groups excluding carboxylic acids is 2. The summed E-state index contributed by atoms with van der Waals surface area (Å²) in [6, 6.07) is 25.2. The van der Waals surface area contributed by atoms with Crippen LogP contribution in [0.5, 0.6) is 0 Å². The molecule has 0 aromatic heterocycles. The maximum Gasteiger partial charge on any atom is 0.337 e. The molecule has 1 aliphatic heterocycles. The number of esters is 1. The normalized spacial score (nSPS) is 19.7. The Morgan fingerprint density at radius 2 is 1.53 bits per heavy atom. The first-order chi connectivity index (χ1) is 15.6. The average Bonchev–Trinajstić information content (AvgIpc) is 3.01. The van der Waals surface area contributed by atoms with Crippen LogP contribution in [0.3, 0.4) is 0 Å². The van der Waals surface area contributed by atoms with Crippen molar-refractivity contribution in [3.05, 3.63) is 107 Å². The molecule has 0 saturated carbocycles. The zero-order chi connectivity index (χ0) is 22.1. The zero-order valence-electron chi connectivity index (χ0n) is 17.8. The fourth-order valence-electron chi connectivity index (χ4n) is 4.63. The van der Waals surface area contributed by atoms with Gasteiger partial charge in [0.25, 0.3) is 0 Å². The molecule has 0 amide bonds. The lowest BCUT2D eigenvalue weighted by molar-refractivity contribution is -0.116. The van der Waals surface area contributed by atoms with E-state index in [0.717, 1.165) is 34.6 Å². The summed E-state index contributed by atoms with van der Waals surface area (Å²) in [6.45, 7) is 0. The van der Waals surface area contributed by atoms with E-state index in [1.165, 1.54) is 12.7 Å². The summed E-state index contributed by atoms with van der Waals surface area (Å²) in [5.41, 5.74) is 6.20. The summed E-state index contributed by atoms with van der Waals surface area (Å²) in [4.78, 5) is 25.4. The minimum atomic E-state index is -0.378. The number of ketones is 1. The van der Waals surface area contributed by atoms with Crippen molar-refractivity contribution in [2.24, 2.45) is 0 Å². The molecular weight excluding hydrogens is 400 g/mol. The number of rotatable bonds is 3. The number of fused-ring (bicyclic) bond motifs is 1. The number of anilines is 2. The minimum Gasteiger partial charge on any atom is -0.465 e. The monoisotopic (exact) mass is 424 g/mol. The smallest absolute Gasteiger partial charge is 0.337 e. The van der Waals surface area contributed by atoms with Gasteiger partial charge in [0.05, 0.1) is 30.1 Å². The van der Waals surface area contributed by atoms with Gasteiger partial charge >= 0.3 is 5.97 Å². The van der Waals surface area contributed by atoms with Gasteiger partial charge < -0.3 is 15.4 Å². The molecule has 3 aromatic rings. The molecule has 5 nitrogen and oxygen atoms in total. The van der Waals surface area contributed by atoms with Gasteiger partial charge in [0.15, 0.2) is 5.78 Å². The van der Waals surface area contributed by atoms with Crippen LogP contribution in [-0.4, -0.2) is 18.9 Å².